The number of hydrogen-bond acceptors (Lipinski definition) is 2. The molecule has 4 bridgehead atoms. The molecule has 1 aromatic rings. The lowest BCUT2D eigenvalue weighted by Gasteiger charge is -2.56. The molecule has 4 fully saturated rings. The molecular weight excluding hydrogens is 294 g/mol. The third-order valence-corrected chi connectivity index (χ3v) is 6.85. The zero-order valence-corrected chi connectivity index (χ0v) is 12.6. The van der Waals surface area contributed by atoms with Crippen molar-refractivity contribution < 1.29 is 0 Å². The van der Waals surface area contributed by atoms with Gasteiger partial charge in [-0.1, -0.05) is 0 Å². The van der Waals surface area contributed by atoms with Crippen LogP contribution >= 0.6 is 27.3 Å². The average Bonchev–Trinajstić information content (AvgIpc) is 2.56. The highest BCUT2D eigenvalue weighted by atomic mass is 79.9. The maximum Gasteiger partial charge on any atom is 0.0937 e. The lowest BCUT2D eigenvalue weighted by Crippen LogP contribution is -2.48. The fraction of sp³-hybridized carbons (Fsp3) is 0.786. The van der Waals surface area contributed by atoms with Gasteiger partial charge in [0.15, 0.2) is 0 Å². The van der Waals surface area contributed by atoms with Gasteiger partial charge in [0.1, 0.15) is 0 Å². The Morgan fingerprint density at radius 2 is 1.65 bits per heavy atom. The number of thiazole rings is 1. The molecule has 1 aromatic heterocycles. The first-order valence-corrected chi connectivity index (χ1v) is 8.39. The van der Waals surface area contributed by atoms with Crippen molar-refractivity contribution in [2.24, 2.45) is 17.8 Å². The van der Waals surface area contributed by atoms with Gasteiger partial charge in [-0.05, 0) is 79.1 Å². The molecule has 0 amide bonds. The topological polar surface area (TPSA) is 12.9 Å². The SMILES string of the molecule is Cc1nc(C23CC4CC(CC(C4)C2)C3)c(Br)s1. The molecule has 4 aliphatic carbocycles. The van der Waals surface area contributed by atoms with E-state index in [1.165, 1.54) is 53.0 Å². The van der Waals surface area contributed by atoms with Gasteiger partial charge in [-0.15, -0.1) is 11.3 Å². The van der Waals surface area contributed by atoms with Gasteiger partial charge in [-0.25, -0.2) is 4.98 Å². The molecule has 0 aliphatic heterocycles. The summed E-state index contributed by atoms with van der Waals surface area (Å²) in [5.74, 6) is 3.03. The summed E-state index contributed by atoms with van der Waals surface area (Å²) < 4.78 is 1.32. The van der Waals surface area contributed by atoms with E-state index in [9.17, 15) is 0 Å². The van der Waals surface area contributed by atoms with Crippen molar-refractivity contribution >= 4 is 27.3 Å². The molecule has 4 saturated carbocycles. The van der Waals surface area contributed by atoms with Gasteiger partial charge >= 0.3 is 0 Å². The predicted molar refractivity (Wildman–Crippen MR) is 74.4 cm³/mol. The summed E-state index contributed by atoms with van der Waals surface area (Å²) in [5.41, 5.74) is 1.87. The van der Waals surface area contributed by atoms with E-state index in [0.29, 0.717) is 5.41 Å². The highest BCUT2D eigenvalue weighted by Crippen LogP contribution is 2.61. The molecule has 0 radical (unpaired) electrons. The second-order valence-corrected chi connectivity index (χ2v) is 9.07. The summed E-state index contributed by atoms with van der Waals surface area (Å²) in [7, 11) is 0. The molecule has 3 heteroatoms. The van der Waals surface area contributed by atoms with Crippen LogP contribution in [0.3, 0.4) is 0 Å². The van der Waals surface area contributed by atoms with Crippen molar-refractivity contribution in [3.05, 3.63) is 14.5 Å². The van der Waals surface area contributed by atoms with E-state index in [-0.39, 0.29) is 0 Å². The lowest BCUT2D eigenvalue weighted by atomic mass is 9.49. The maximum absolute atomic E-state index is 4.87. The highest BCUT2D eigenvalue weighted by molar-refractivity contribution is 9.11. The smallest absolute Gasteiger partial charge is 0.0937 e. The van der Waals surface area contributed by atoms with Gasteiger partial charge in [0.05, 0.1) is 14.5 Å². The first-order valence-electron chi connectivity index (χ1n) is 6.78. The Morgan fingerprint density at radius 1 is 1.12 bits per heavy atom. The molecule has 0 atom stereocenters. The van der Waals surface area contributed by atoms with Crippen molar-refractivity contribution in [1.29, 1.82) is 0 Å². The van der Waals surface area contributed by atoms with Crippen molar-refractivity contribution in [3.8, 4) is 0 Å². The van der Waals surface area contributed by atoms with E-state index >= 15 is 0 Å². The number of hydrogen-bond donors (Lipinski definition) is 0. The van der Waals surface area contributed by atoms with Crippen LogP contribution in [0.1, 0.15) is 49.2 Å². The van der Waals surface area contributed by atoms with Gasteiger partial charge in [-0.3, -0.25) is 0 Å². The number of aromatic nitrogens is 1. The Labute approximate surface area is 115 Å². The van der Waals surface area contributed by atoms with E-state index in [0.717, 1.165) is 17.8 Å². The third-order valence-electron chi connectivity index (χ3n) is 5.23. The Hall–Kier alpha value is 0.110. The quantitative estimate of drug-likeness (QED) is 0.733. The Morgan fingerprint density at radius 3 is 2.06 bits per heavy atom. The van der Waals surface area contributed by atoms with Crippen LogP contribution in [0.2, 0.25) is 0 Å². The van der Waals surface area contributed by atoms with E-state index in [4.69, 9.17) is 4.98 Å². The Balaban J connectivity index is 1.79. The van der Waals surface area contributed by atoms with Gasteiger partial charge in [0.25, 0.3) is 0 Å². The highest BCUT2D eigenvalue weighted by Gasteiger charge is 2.53. The standard InChI is InChI=1S/C14H18BrNS/c1-8-16-12(13(15)17-8)14-5-9-2-10(6-14)4-11(3-9)7-14/h9-11H,2-7H2,1H3. The molecule has 1 heterocycles. The Kier molecular flexibility index (Phi) is 2.30. The van der Waals surface area contributed by atoms with Crippen LogP contribution in [0.5, 0.6) is 0 Å². The first-order chi connectivity index (χ1) is 8.14. The molecule has 1 nitrogen and oxygen atoms in total. The van der Waals surface area contributed by atoms with Crippen molar-refractivity contribution in [2.45, 2.75) is 50.9 Å². The molecule has 0 aromatic carbocycles. The largest absolute Gasteiger partial charge is 0.245 e. The van der Waals surface area contributed by atoms with Crippen molar-refractivity contribution in [1.82, 2.24) is 4.98 Å². The summed E-state index contributed by atoms with van der Waals surface area (Å²) in [5, 5.41) is 1.22. The minimum absolute atomic E-state index is 0.457. The maximum atomic E-state index is 4.87. The summed E-state index contributed by atoms with van der Waals surface area (Å²) in [6.07, 6.45) is 8.79. The lowest BCUT2D eigenvalue weighted by molar-refractivity contribution is -0.00728. The fourth-order valence-corrected chi connectivity index (χ4v) is 7.10. The molecular formula is C14H18BrNS. The summed E-state index contributed by atoms with van der Waals surface area (Å²) in [4.78, 5) is 4.87. The Bertz CT molecular complexity index is 430. The van der Waals surface area contributed by atoms with Gasteiger partial charge in [0, 0.05) is 5.41 Å². The van der Waals surface area contributed by atoms with Crippen molar-refractivity contribution in [3.63, 3.8) is 0 Å². The summed E-state index contributed by atoms with van der Waals surface area (Å²) in [6, 6.07) is 0. The minimum atomic E-state index is 0.457. The number of aryl methyl sites for hydroxylation is 1. The number of nitrogens with zero attached hydrogens (tertiary/aromatic N) is 1. The monoisotopic (exact) mass is 311 g/mol. The fourth-order valence-electron chi connectivity index (χ4n) is 5.13. The van der Waals surface area contributed by atoms with E-state index in [2.05, 4.69) is 22.9 Å². The van der Waals surface area contributed by atoms with Crippen molar-refractivity contribution in [2.75, 3.05) is 0 Å². The van der Waals surface area contributed by atoms with Crippen LogP contribution in [0.15, 0.2) is 3.79 Å². The molecule has 0 N–H and O–H groups in total. The average molecular weight is 312 g/mol. The van der Waals surface area contributed by atoms with Crippen LogP contribution in [-0.2, 0) is 5.41 Å². The van der Waals surface area contributed by atoms with Crippen LogP contribution in [0.25, 0.3) is 0 Å². The zero-order valence-electron chi connectivity index (χ0n) is 10.2. The molecule has 0 spiro atoms. The molecule has 5 rings (SSSR count). The van der Waals surface area contributed by atoms with E-state index in [1.54, 1.807) is 0 Å². The third kappa shape index (κ3) is 1.58. The molecule has 92 valence electrons. The van der Waals surface area contributed by atoms with Gasteiger partial charge in [0.2, 0.25) is 0 Å². The normalized spacial score (nSPS) is 43.3. The van der Waals surface area contributed by atoms with Gasteiger partial charge in [-0.2, -0.15) is 0 Å². The van der Waals surface area contributed by atoms with E-state index in [1.807, 2.05) is 11.3 Å². The second kappa shape index (κ2) is 3.57. The van der Waals surface area contributed by atoms with Crippen LogP contribution < -0.4 is 0 Å². The predicted octanol–water partition coefficient (Wildman–Crippen LogP) is 4.68. The van der Waals surface area contributed by atoms with Crippen LogP contribution in [0.4, 0.5) is 0 Å². The second-order valence-electron chi connectivity index (χ2n) is 6.55. The van der Waals surface area contributed by atoms with Gasteiger partial charge < -0.3 is 0 Å². The zero-order chi connectivity index (χ0) is 11.6. The number of rotatable bonds is 1. The number of halogens is 1. The first kappa shape index (κ1) is 11.0. The van der Waals surface area contributed by atoms with Crippen LogP contribution in [0, 0.1) is 24.7 Å². The van der Waals surface area contributed by atoms with E-state index < -0.39 is 0 Å². The molecule has 0 saturated heterocycles. The molecule has 4 aliphatic rings. The summed E-state index contributed by atoms with van der Waals surface area (Å²) >= 11 is 5.59. The molecule has 17 heavy (non-hydrogen) atoms. The van der Waals surface area contributed by atoms with Crippen LogP contribution in [-0.4, -0.2) is 4.98 Å². The molecule has 0 unspecified atom stereocenters. The summed E-state index contributed by atoms with van der Waals surface area (Å²) in [6.45, 7) is 2.14. The minimum Gasteiger partial charge on any atom is -0.245 e.